The van der Waals surface area contributed by atoms with Crippen LogP contribution in [0.25, 0.3) is 34.4 Å². The Morgan fingerprint density at radius 3 is 2.13 bits per heavy atom. The van der Waals surface area contributed by atoms with E-state index in [0.717, 1.165) is 40.1 Å². The highest BCUT2D eigenvalue weighted by molar-refractivity contribution is 7.90. The minimum Gasteiger partial charge on any atom is -0.369 e. The molecule has 14 heteroatoms. The molecule has 0 aliphatic carbocycles. The van der Waals surface area contributed by atoms with Crippen molar-refractivity contribution in [3.05, 3.63) is 124 Å². The van der Waals surface area contributed by atoms with Crippen LogP contribution in [0.1, 0.15) is 63.0 Å². The summed E-state index contributed by atoms with van der Waals surface area (Å²) in [5.41, 5.74) is 14.5. The Morgan fingerprint density at radius 2 is 1.49 bits per heavy atom. The van der Waals surface area contributed by atoms with Gasteiger partial charge in [-0.05, 0) is 103 Å². The average Bonchev–Trinajstić information content (AvgIpc) is 3.88. The van der Waals surface area contributed by atoms with Gasteiger partial charge in [-0.25, -0.2) is 12.8 Å². The summed E-state index contributed by atoms with van der Waals surface area (Å²) < 4.78 is 36.8. The van der Waals surface area contributed by atoms with Crippen LogP contribution >= 0.6 is 0 Å². The number of halogens is 1. The second kappa shape index (κ2) is 15.4. The van der Waals surface area contributed by atoms with Gasteiger partial charge in [0.2, 0.25) is 5.91 Å². The van der Waals surface area contributed by atoms with Crippen molar-refractivity contribution in [1.82, 2.24) is 15.3 Å². The van der Waals surface area contributed by atoms with E-state index >= 15 is 0 Å². The number of carbonyl (C=O) groups is 4. The normalized spacial score (nSPS) is 14.6. The number of rotatable bonds is 9. The predicted octanol–water partition coefficient (Wildman–Crippen LogP) is 6.01. The maximum absolute atomic E-state index is 13.5. The number of nitrogens with two attached hydrogens (primary N) is 1. The number of nitrogens with one attached hydrogen (secondary N) is 5. The smallest absolute Gasteiger partial charge is 0.256 e. The minimum atomic E-state index is -3.25. The number of aromatic nitrogens is 2. The van der Waals surface area contributed by atoms with Crippen LogP contribution in [0, 0.1) is 19.7 Å². The van der Waals surface area contributed by atoms with Crippen LogP contribution in [0.2, 0.25) is 0 Å². The van der Waals surface area contributed by atoms with E-state index in [1.54, 1.807) is 66.9 Å². The Hall–Kier alpha value is -6.54. The Balaban J connectivity index is 0.000000190. The average molecular weight is 763 g/mol. The Labute approximate surface area is 317 Å². The molecular formula is C41H39FN6O6S. The number of hydrogen-bond donors (Lipinski definition) is 6. The largest absolute Gasteiger partial charge is 0.369 e. The van der Waals surface area contributed by atoms with E-state index in [0.29, 0.717) is 51.5 Å². The van der Waals surface area contributed by atoms with Gasteiger partial charge < -0.3 is 31.7 Å². The molecule has 0 radical (unpaired) electrons. The fraction of sp³-hybridized carbons (Fsp3) is 0.171. The zero-order chi connectivity index (χ0) is 39.6. The van der Waals surface area contributed by atoms with Crippen molar-refractivity contribution >= 4 is 68.1 Å². The molecule has 4 heterocycles. The molecule has 2 aromatic heterocycles. The highest BCUT2D eigenvalue weighted by atomic mass is 32.2. The number of carbonyl (C=O) groups excluding carboxylic acids is 4. The Morgan fingerprint density at radius 1 is 0.855 bits per heavy atom. The molecule has 4 amide bonds. The van der Waals surface area contributed by atoms with Gasteiger partial charge in [0.15, 0.2) is 9.84 Å². The SMILES string of the molecule is CCCNC(=O)c1c(C)[nH]c(/C=C2\C(=O)Nc3ccc(F)cc32)c1C.CS(=O)(=O)c1ccc(-c2c[nH]c(/C=C3\C(=O)Nc4ccc(CC(N)=O)cc43)c2)cc1. The third-order valence-corrected chi connectivity index (χ3v) is 10.3. The second-order valence-electron chi connectivity index (χ2n) is 13.3. The quantitative estimate of drug-likeness (QED) is 0.0995. The minimum absolute atomic E-state index is 0.102. The van der Waals surface area contributed by atoms with E-state index < -0.39 is 21.6 Å². The molecule has 12 nitrogen and oxygen atoms in total. The zero-order valence-electron chi connectivity index (χ0n) is 30.5. The van der Waals surface area contributed by atoms with E-state index in [4.69, 9.17) is 5.73 Å². The number of amides is 4. The van der Waals surface area contributed by atoms with Gasteiger partial charge in [0.25, 0.3) is 17.7 Å². The Bertz CT molecular complexity index is 2550. The van der Waals surface area contributed by atoms with Crippen LogP contribution in [-0.2, 0) is 30.6 Å². The summed E-state index contributed by atoms with van der Waals surface area (Å²) in [5.74, 6) is -1.49. The van der Waals surface area contributed by atoms with Crippen LogP contribution in [-0.4, -0.2) is 54.8 Å². The van der Waals surface area contributed by atoms with Crippen LogP contribution in [0.15, 0.2) is 77.8 Å². The monoisotopic (exact) mass is 762 g/mol. The molecule has 0 bridgehead atoms. The van der Waals surface area contributed by atoms with Crippen LogP contribution < -0.4 is 21.7 Å². The lowest BCUT2D eigenvalue weighted by molar-refractivity contribution is -0.117. The fourth-order valence-electron chi connectivity index (χ4n) is 6.44. The molecule has 0 unspecified atom stereocenters. The van der Waals surface area contributed by atoms with Gasteiger partial charge >= 0.3 is 0 Å². The molecule has 2 aliphatic heterocycles. The number of fused-ring (bicyclic) bond motifs is 2. The molecule has 282 valence electrons. The Kier molecular flexibility index (Phi) is 10.7. The molecule has 2 aliphatic rings. The molecular weight excluding hydrogens is 724 g/mol. The summed E-state index contributed by atoms with van der Waals surface area (Å²) in [6, 6.07) is 18.0. The number of primary amides is 1. The maximum Gasteiger partial charge on any atom is 0.256 e. The van der Waals surface area contributed by atoms with Crippen LogP contribution in [0.3, 0.4) is 0 Å². The predicted molar refractivity (Wildman–Crippen MR) is 211 cm³/mol. The first kappa shape index (κ1) is 38.2. The number of sulfone groups is 1. The van der Waals surface area contributed by atoms with Gasteiger partial charge in [-0.1, -0.05) is 25.1 Å². The third kappa shape index (κ3) is 8.34. The van der Waals surface area contributed by atoms with Gasteiger partial charge in [-0.2, -0.15) is 0 Å². The fourth-order valence-corrected chi connectivity index (χ4v) is 7.07. The zero-order valence-corrected chi connectivity index (χ0v) is 31.3. The molecule has 5 aromatic rings. The number of aromatic amines is 2. The summed E-state index contributed by atoms with van der Waals surface area (Å²) in [7, 11) is -3.25. The van der Waals surface area contributed by atoms with Gasteiger partial charge in [0, 0.05) is 58.6 Å². The summed E-state index contributed by atoms with van der Waals surface area (Å²) >= 11 is 0. The maximum atomic E-state index is 13.5. The van der Waals surface area contributed by atoms with Crippen molar-refractivity contribution < 1.29 is 32.0 Å². The lowest BCUT2D eigenvalue weighted by atomic mass is 10.0. The van der Waals surface area contributed by atoms with E-state index in [-0.39, 0.29) is 29.0 Å². The molecule has 7 N–H and O–H groups in total. The van der Waals surface area contributed by atoms with Crippen molar-refractivity contribution in [1.29, 1.82) is 0 Å². The first-order chi connectivity index (χ1) is 26.1. The van der Waals surface area contributed by atoms with Crippen molar-refractivity contribution in [3.8, 4) is 11.1 Å². The van der Waals surface area contributed by atoms with Gasteiger partial charge in [0.1, 0.15) is 5.82 Å². The number of aryl methyl sites for hydroxylation is 1. The van der Waals surface area contributed by atoms with Gasteiger partial charge in [-0.3, -0.25) is 19.2 Å². The summed E-state index contributed by atoms with van der Waals surface area (Å²) in [5, 5.41) is 8.39. The van der Waals surface area contributed by atoms with E-state index in [1.165, 1.54) is 18.4 Å². The number of benzene rings is 3. The molecule has 55 heavy (non-hydrogen) atoms. The first-order valence-corrected chi connectivity index (χ1v) is 19.3. The van der Waals surface area contributed by atoms with Crippen LogP contribution in [0.4, 0.5) is 15.8 Å². The molecule has 3 aromatic carbocycles. The molecule has 0 atom stereocenters. The molecule has 0 saturated carbocycles. The van der Waals surface area contributed by atoms with E-state index in [1.807, 2.05) is 26.8 Å². The molecule has 0 fully saturated rings. The van der Waals surface area contributed by atoms with Crippen LogP contribution in [0.5, 0.6) is 0 Å². The van der Waals surface area contributed by atoms with Crippen molar-refractivity contribution in [2.24, 2.45) is 5.73 Å². The molecule has 7 rings (SSSR count). The van der Waals surface area contributed by atoms with Gasteiger partial charge in [-0.15, -0.1) is 0 Å². The topological polar surface area (TPSA) is 196 Å². The molecule has 0 spiro atoms. The first-order valence-electron chi connectivity index (χ1n) is 17.4. The van der Waals surface area contributed by atoms with E-state index in [2.05, 4.69) is 25.9 Å². The van der Waals surface area contributed by atoms with E-state index in [9.17, 15) is 32.0 Å². The number of hydrogen-bond acceptors (Lipinski definition) is 6. The summed E-state index contributed by atoms with van der Waals surface area (Å²) in [6.07, 6.45) is 7.32. The van der Waals surface area contributed by atoms with Crippen molar-refractivity contribution in [2.75, 3.05) is 23.4 Å². The summed E-state index contributed by atoms with van der Waals surface area (Å²) in [4.78, 5) is 54.7. The number of H-pyrrole nitrogens is 2. The third-order valence-electron chi connectivity index (χ3n) is 9.16. The second-order valence-corrected chi connectivity index (χ2v) is 15.3. The van der Waals surface area contributed by atoms with Crippen molar-refractivity contribution in [2.45, 2.75) is 38.5 Å². The molecule has 0 saturated heterocycles. The standard InChI is InChI=1S/C22H19N3O4S.C19H20FN3O2/c1-30(28,29)17-5-3-14(4-6-17)15-10-16(24-12-15)11-19-18-8-13(9-21(23)26)2-7-20(18)25-22(19)27;1-4-7-21-19(25)17-10(2)16(22-11(17)3)9-14-13-8-12(20)5-6-15(13)23-18(14)24/h2-8,10-12,24H,9H2,1H3,(H2,23,26)(H,25,27);5-6,8-9,22H,4,7H2,1-3H3,(H,21,25)(H,23,24)/b19-11-;14-9-. The lowest BCUT2D eigenvalue weighted by Crippen LogP contribution is -2.24. The highest BCUT2D eigenvalue weighted by Crippen LogP contribution is 2.36. The van der Waals surface area contributed by atoms with Crippen molar-refractivity contribution in [3.63, 3.8) is 0 Å². The highest BCUT2D eigenvalue weighted by Gasteiger charge is 2.27. The van der Waals surface area contributed by atoms with Gasteiger partial charge in [0.05, 0.1) is 28.0 Å². The summed E-state index contributed by atoms with van der Waals surface area (Å²) in [6.45, 7) is 6.24. The number of anilines is 2. The lowest BCUT2D eigenvalue weighted by Gasteiger charge is -2.04.